The second-order valence-corrected chi connectivity index (χ2v) is 5.67. The molecule has 0 aliphatic rings. The largest absolute Gasteiger partial charge is 0.399 e. The van der Waals surface area contributed by atoms with Crippen LogP contribution >= 0.6 is 0 Å². The van der Waals surface area contributed by atoms with Crippen LogP contribution in [0.4, 0.5) is 5.69 Å². The molecule has 0 spiro atoms. The molecule has 0 bridgehead atoms. The lowest BCUT2D eigenvalue weighted by atomic mass is 10.3. The zero-order valence-corrected chi connectivity index (χ0v) is 8.51. The van der Waals surface area contributed by atoms with Crippen LogP contribution in [0.25, 0.3) is 0 Å². The van der Waals surface area contributed by atoms with E-state index in [4.69, 9.17) is 5.73 Å². The summed E-state index contributed by atoms with van der Waals surface area (Å²) < 4.78 is 23.2. The van der Waals surface area contributed by atoms with E-state index in [2.05, 4.69) is 0 Å². The van der Waals surface area contributed by atoms with Crippen LogP contribution in [0.1, 0.15) is 13.8 Å². The highest BCUT2D eigenvalue weighted by Crippen LogP contribution is 2.16. The minimum absolute atomic E-state index is 0.330. The molecule has 0 heterocycles. The molecule has 0 radical (unpaired) electrons. The maximum atomic E-state index is 11.6. The fraction of sp³-hybridized carbons (Fsp3) is 0.333. The van der Waals surface area contributed by atoms with Crippen molar-refractivity contribution in [2.24, 2.45) is 0 Å². The van der Waals surface area contributed by atoms with Gasteiger partial charge in [0.1, 0.15) is 0 Å². The van der Waals surface area contributed by atoms with E-state index >= 15 is 0 Å². The second-order valence-electron chi connectivity index (χ2n) is 3.16. The lowest BCUT2D eigenvalue weighted by Gasteiger charge is -2.07. The van der Waals surface area contributed by atoms with E-state index < -0.39 is 15.1 Å². The van der Waals surface area contributed by atoms with Gasteiger partial charge in [0, 0.05) is 5.69 Å². The van der Waals surface area contributed by atoms with Gasteiger partial charge in [0.15, 0.2) is 9.84 Å². The van der Waals surface area contributed by atoms with Crippen molar-refractivity contribution in [2.75, 3.05) is 5.73 Å². The van der Waals surface area contributed by atoms with Crippen molar-refractivity contribution in [3.8, 4) is 0 Å². The fourth-order valence-corrected chi connectivity index (χ4v) is 1.99. The van der Waals surface area contributed by atoms with Crippen LogP contribution in [-0.2, 0) is 9.84 Å². The number of benzene rings is 1. The Labute approximate surface area is 78.5 Å². The van der Waals surface area contributed by atoms with Gasteiger partial charge in [0.05, 0.1) is 10.1 Å². The molecule has 1 rings (SSSR count). The third-order valence-corrected chi connectivity index (χ3v) is 4.00. The summed E-state index contributed by atoms with van der Waals surface area (Å²) in [6.07, 6.45) is 0. The smallest absolute Gasteiger partial charge is 0.180 e. The van der Waals surface area contributed by atoms with E-state index in [-0.39, 0.29) is 0 Å². The number of sulfone groups is 1. The predicted molar refractivity (Wildman–Crippen MR) is 53.2 cm³/mol. The quantitative estimate of drug-likeness (QED) is 0.733. The van der Waals surface area contributed by atoms with Gasteiger partial charge in [-0.25, -0.2) is 8.42 Å². The van der Waals surface area contributed by atoms with E-state index in [1.54, 1.807) is 26.0 Å². The lowest BCUT2D eigenvalue weighted by Crippen LogP contribution is -2.13. The van der Waals surface area contributed by atoms with Crippen molar-refractivity contribution in [2.45, 2.75) is 24.0 Å². The van der Waals surface area contributed by atoms with Crippen LogP contribution in [0.15, 0.2) is 29.2 Å². The average Bonchev–Trinajstić information content (AvgIpc) is 2.04. The van der Waals surface area contributed by atoms with Crippen LogP contribution in [0.5, 0.6) is 0 Å². The molecule has 0 saturated carbocycles. The number of hydrogen-bond donors (Lipinski definition) is 1. The van der Waals surface area contributed by atoms with Gasteiger partial charge in [-0.05, 0) is 38.1 Å². The van der Waals surface area contributed by atoms with Crippen LogP contribution < -0.4 is 5.73 Å². The summed E-state index contributed by atoms with van der Waals surface area (Å²) in [5.74, 6) is 0. The summed E-state index contributed by atoms with van der Waals surface area (Å²) in [6, 6.07) is 6.25. The van der Waals surface area contributed by atoms with Crippen molar-refractivity contribution in [1.29, 1.82) is 0 Å². The molecule has 0 fully saturated rings. The Morgan fingerprint density at radius 1 is 1.15 bits per heavy atom. The Bertz CT molecular complexity index is 379. The third kappa shape index (κ3) is 2.01. The molecule has 1 aromatic rings. The molecule has 0 unspecified atom stereocenters. The summed E-state index contributed by atoms with van der Waals surface area (Å²) in [5.41, 5.74) is 6.02. The molecule has 0 aliphatic heterocycles. The highest BCUT2D eigenvalue weighted by atomic mass is 32.2. The molecule has 13 heavy (non-hydrogen) atoms. The Balaban J connectivity index is 3.17. The summed E-state index contributed by atoms with van der Waals surface area (Å²) >= 11 is 0. The molecule has 0 amide bonds. The zero-order chi connectivity index (χ0) is 10.1. The number of anilines is 1. The van der Waals surface area contributed by atoms with Crippen molar-refractivity contribution in [3.63, 3.8) is 0 Å². The zero-order valence-electron chi connectivity index (χ0n) is 7.69. The van der Waals surface area contributed by atoms with Gasteiger partial charge in [-0.1, -0.05) is 0 Å². The van der Waals surface area contributed by atoms with E-state index in [9.17, 15) is 8.42 Å². The lowest BCUT2D eigenvalue weighted by molar-refractivity contribution is 0.587. The van der Waals surface area contributed by atoms with E-state index in [0.717, 1.165) is 0 Å². The SMILES string of the molecule is CC(C)S(=O)(=O)c1ccc(N)cc1. The maximum Gasteiger partial charge on any atom is 0.180 e. The van der Waals surface area contributed by atoms with Crippen LogP contribution in [0, 0.1) is 0 Å². The van der Waals surface area contributed by atoms with Crippen molar-refractivity contribution >= 4 is 15.5 Å². The van der Waals surface area contributed by atoms with Crippen LogP contribution in [0.2, 0.25) is 0 Å². The Kier molecular flexibility index (Phi) is 2.61. The first-order valence-electron chi connectivity index (χ1n) is 4.04. The first kappa shape index (κ1) is 10.1. The molecule has 2 N–H and O–H groups in total. The number of nitrogens with two attached hydrogens (primary N) is 1. The van der Waals surface area contributed by atoms with Gasteiger partial charge in [0.2, 0.25) is 0 Å². The predicted octanol–water partition coefficient (Wildman–Crippen LogP) is 1.45. The number of rotatable bonds is 2. The molecule has 4 heteroatoms. The molecular formula is C9H13NO2S. The van der Waals surface area contributed by atoms with Gasteiger partial charge < -0.3 is 5.73 Å². The Morgan fingerprint density at radius 3 is 2.00 bits per heavy atom. The second kappa shape index (κ2) is 3.38. The summed E-state index contributed by atoms with van der Waals surface area (Å²) in [6.45, 7) is 3.32. The van der Waals surface area contributed by atoms with Crippen LogP contribution in [0.3, 0.4) is 0 Å². The molecular weight excluding hydrogens is 186 g/mol. The van der Waals surface area contributed by atoms with E-state index in [1.807, 2.05) is 0 Å². The molecule has 0 atom stereocenters. The highest BCUT2D eigenvalue weighted by molar-refractivity contribution is 7.92. The molecule has 0 saturated heterocycles. The number of nitrogen functional groups attached to an aromatic ring is 1. The maximum absolute atomic E-state index is 11.6. The normalized spacial score (nSPS) is 11.9. The summed E-state index contributed by atoms with van der Waals surface area (Å²) in [4.78, 5) is 0.330. The van der Waals surface area contributed by atoms with Crippen molar-refractivity contribution < 1.29 is 8.42 Å². The monoisotopic (exact) mass is 199 g/mol. The number of hydrogen-bond acceptors (Lipinski definition) is 3. The first-order valence-corrected chi connectivity index (χ1v) is 5.58. The molecule has 0 aromatic heterocycles. The summed E-state index contributed by atoms with van der Waals surface area (Å²) in [5, 5.41) is -0.392. The summed E-state index contributed by atoms with van der Waals surface area (Å²) in [7, 11) is -3.15. The first-order chi connectivity index (χ1) is 5.94. The van der Waals surface area contributed by atoms with Gasteiger partial charge in [-0.3, -0.25) is 0 Å². The molecule has 3 nitrogen and oxygen atoms in total. The van der Waals surface area contributed by atoms with E-state index in [1.165, 1.54) is 12.1 Å². The Hall–Kier alpha value is -1.03. The topological polar surface area (TPSA) is 60.2 Å². The minimum atomic E-state index is -3.15. The highest BCUT2D eigenvalue weighted by Gasteiger charge is 2.18. The van der Waals surface area contributed by atoms with Crippen molar-refractivity contribution in [1.82, 2.24) is 0 Å². The van der Waals surface area contributed by atoms with Gasteiger partial charge in [-0.2, -0.15) is 0 Å². The van der Waals surface area contributed by atoms with Gasteiger partial charge in [0.25, 0.3) is 0 Å². The third-order valence-electron chi connectivity index (χ3n) is 1.83. The molecule has 0 aliphatic carbocycles. The van der Waals surface area contributed by atoms with Crippen molar-refractivity contribution in [3.05, 3.63) is 24.3 Å². The standard InChI is InChI=1S/C9H13NO2S/c1-7(2)13(11,12)9-5-3-8(10)4-6-9/h3-7H,10H2,1-2H3. The molecule has 72 valence electrons. The van der Waals surface area contributed by atoms with Crippen LogP contribution in [-0.4, -0.2) is 13.7 Å². The van der Waals surface area contributed by atoms with Gasteiger partial charge in [-0.15, -0.1) is 0 Å². The minimum Gasteiger partial charge on any atom is -0.399 e. The average molecular weight is 199 g/mol. The van der Waals surface area contributed by atoms with E-state index in [0.29, 0.717) is 10.6 Å². The van der Waals surface area contributed by atoms with Gasteiger partial charge >= 0.3 is 0 Å². The fourth-order valence-electron chi connectivity index (χ4n) is 0.930. The Morgan fingerprint density at radius 2 is 1.62 bits per heavy atom. The molecule has 1 aromatic carbocycles.